The van der Waals surface area contributed by atoms with Gasteiger partial charge in [-0.3, -0.25) is 4.79 Å². The highest BCUT2D eigenvalue weighted by atomic mass is 16.1. The highest BCUT2D eigenvalue weighted by molar-refractivity contribution is 5.80. The topological polar surface area (TPSA) is 52.9 Å². The molecule has 0 radical (unpaired) electrons. The van der Waals surface area contributed by atoms with Gasteiger partial charge in [-0.2, -0.15) is 5.26 Å². The maximum absolute atomic E-state index is 11.2. The molecule has 0 aromatic heterocycles. The summed E-state index contributed by atoms with van der Waals surface area (Å²) in [5, 5.41) is 11.3. The number of nitriles is 1. The number of nitrogens with one attached hydrogen (secondary N) is 1. The van der Waals surface area contributed by atoms with Crippen LogP contribution >= 0.6 is 0 Å². The Balaban J connectivity index is 3.91. The number of hydrogen-bond acceptors (Lipinski definition) is 2. The fraction of sp³-hybridized carbons (Fsp3) is 0.778. The molecule has 0 aromatic rings. The van der Waals surface area contributed by atoms with Crippen molar-refractivity contribution in [3.8, 4) is 6.07 Å². The fourth-order valence-corrected chi connectivity index (χ4v) is 0.878. The fourth-order valence-electron chi connectivity index (χ4n) is 0.878. The highest BCUT2D eigenvalue weighted by Gasteiger charge is 2.14. The van der Waals surface area contributed by atoms with E-state index < -0.39 is 5.92 Å². The van der Waals surface area contributed by atoms with Gasteiger partial charge in [0.1, 0.15) is 5.92 Å². The van der Waals surface area contributed by atoms with Crippen LogP contribution in [0.5, 0.6) is 0 Å². The number of carbonyl (C=O) groups excluding carboxylic acids is 1. The zero-order chi connectivity index (χ0) is 9.56. The lowest BCUT2D eigenvalue weighted by Gasteiger charge is -2.15. The lowest BCUT2D eigenvalue weighted by molar-refractivity contribution is -0.123. The van der Waals surface area contributed by atoms with Gasteiger partial charge in [-0.15, -0.1) is 0 Å². The third-order valence-electron chi connectivity index (χ3n) is 1.92. The molecule has 12 heavy (non-hydrogen) atoms. The third kappa shape index (κ3) is 3.38. The number of nitrogens with zero attached hydrogens (tertiary/aromatic N) is 1. The van der Waals surface area contributed by atoms with Crippen molar-refractivity contribution in [2.24, 2.45) is 5.92 Å². The molecule has 0 aliphatic heterocycles. The molecule has 0 bridgehead atoms. The quantitative estimate of drug-likeness (QED) is 0.690. The van der Waals surface area contributed by atoms with Crippen LogP contribution in [0, 0.1) is 17.2 Å². The smallest absolute Gasteiger partial charge is 0.237 e. The van der Waals surface area contributed by atoms with Crippen molar-refractivity contribution in [2.75, 3.05) is 0 Å². The molecule has 68 valence electrons. The van der Waals surface area contributed by atoms with E-state index in [9.17, 15) is 4.79 Å². The molecule has 0 saturated heterocycles. The second-order valence-corrected chi connectivity index (χ2v) is 2.87. The summed E-state index contributed by atoms with van der Waals surface area (Å²) >= 11 is 0. The van der Waals surface area contributed by atoms with Gasteiger partial charge in [-0.05, 0) is 19.8 Å². The Hall–Kier alpha value is -1.04. The molecule has 0 fully saturated rings. The molecule has 0 aliphatic carbocycles. The minimum absolute atomic E-state index is 0.161. The molecule has 1 N–H and O–H groups in total. The Bertz CT molecular complexity index is 179. The summed E-state index contributed by atoms with van der Waals surface area (Å²) in [7, 11) is 0. The summed E-state index contributed by atoms with van der Waals surface area (Å²) in [6, 6.07) is 2.12. The van der Waals surface area contributed by atoms with Gasteiger partial charge in [0.2, 0.25) is 5.91 Å². The first-order valence-electron chi connectivity index (χ1n) is 4.35. The molecule has 1 unspecified atom stereocenters. The van der Waals surface area contributed by atoms with Crippen LogP contribution in [0.15, 0.2) is 0 Å². The van der Waals surface area contributed by atoms with E-state index >= 15 is 0 Å². The molecule has 3 nitrogen and oxygen atoms in total. The standard InChI is InChI=1S/C9H16N2O/c1-4-8(5-2)11-9(12)7(3)6-10/h7-8H,4-5H2,1-3H3,(H,11,12). The summed E-state index contributed by atoms with van der Waals surface area (Å²) in [6.45, 7) is 5.65. The predicted molar refractivity (Wildman–Crippen MR) is 47.3 cm³/mol. The van der Waals surface area contributed by atoms with Gasteiger partial charge in [0.15, 0.2) is 0 Å². The maximum Gasteiger partial charge on any atom is 0.237 e. The lowest BCUT2D eigenvalue weighted by Crippen LogP contribution is -2.36. The number of rotatable bonds is 4. The number of amides is 1. The highest BCUT2D eigenvalue weighted by Crippen LogP contribution is 1.99. The SMILES string of the molecule is CCC(CC)NC(=O)C(C)C#N. The van der Waals surface area contributed by atoms with E-state index in [1.165, 1.54) is 0 Å². The summed E-state index contributed by atoms with van der Waals surface area (Å²) in [4.78, 5) is 11.2. The van der Waals surface area contributed by atoms with E-state index in [2.05, 4.69) is 5.32 Å². The second-order valence-electron chi connectivity index (χ2n) is 2.87. The molecule has 0 aliphatic rings. The molecule has 1 atom stereocenters. The van der Waals surface area contributed by atoms with E-state index in [0.717, 1.165) is 12.8 Å². The van der Waals surface area contributed by atoms with E-state index in [1.54, 1.807) is 6.92 Å². The van der Waals surface area contributed by atoms with Crippen LogP contribution in [0.1, 0.15) is 33.6 Å². The molecule has 1 amide bonds. The summed E-state index contributed by atoms with van der Waals surface area (Å²) in [5.74, 6) is -0.697. The Morgan fingerprint density at radius 2 is 2.00 bits per heavy atom. The molecule has 0 heterocycles. The van der Waals surface area contributed by atoms with Crippen LogP contribution < -0.4 is 5.32 Å². The molecular formula is C9H16N2O. The summed E-state index contributed by atoms with van der Waals surface area (Å²) < 4.78 is 0. The zero-order valence-corrected chi connectivity index (χ0v) is 7.92. The van der Waals surface area contributed by atoms with Crippen LogP contribution in [0.2, 0.25) is 0 Å². The molecule has 0 saturated carbocycles. The van der Waals surface area contributed by atoms with Crippen molar-refractivity contribution in [1.29, 1.82) is 5.26 Å². The van der Waals surface area contributed by atoms with Crippen molar-refractivity contribution in [1.82, 2.24) is 5.32 Å². The largest absolute Gasteiger partial charge is 0.352 e. The molecule has 0 aromatic carbocycles. The van der Waals surface area contributed by atoms with Crippen molar-refractivity contribution >= 4 is 5.91 Å². The van der Waals surface area contributed by atoms with E-state index in [-0.39, 0.29) is 11.9 Å². The van der Waals surface area contributed by atoms with Crippen molar-refractivity contribution in [3.05, 3.63) is 0 Å². The van der Waals surface area contributed by atoms with Gasteiger partial charge >= 0.3 is 0 Å². The van der Waals surface area contributed by atoms with Gasteiger partial charge in [0, 0.05) is 6.04 Å². The lowest BCUT2D eigenvalue weighted by atomic mass is 10.1. The predicted octanol–water partition coefficient (Wildman–Crippen LogP) is 1.45. The van der Waals surface area contributed by atoms with E-state index in [1.807, 2.05) is 19.9 Å². The van der Waals surface area contributed by atoms with Gasteiger partial charge in [0.05, 0.1) is 6.07 Å². The van der Waals surface area contributed by atoms with Crippen LogP contribution in [0.3, 0.4) is 0 Å². The van der Waals surface area contributed by atoms with E-state index in [0.29, 0.717) is 0 Å². The number of hydrogen-bond donors (Lipinski definition) is 1. The van der Waals surface area contributed by atoms with Crippen LogP contribution in [0.4, 0.5) is 0 Å². The Labute approximate surface area is 73.8 Å². The molecule has 3 heteroatoms. The average Bonchev–Trinajstić information content (AvgIpc) is 2.12. The Morgan fingerprint density at radius 1 is 1.50 bits per heavy atom. The molecule has 0 rings (SSSR count). The normalized spacial score (nSPS) is 12.2. The van der Waals surface area contributed by atoms with Crippen LogP contribution in [-0.4, -0.2) is 11.9 Å². The summed E-state index contributed by atoms with van der Waals surface area (Å²) in [6.07, 6.45) is 1.83. The number of carbonyl (C=O) groups is 1. The maximum atomic E-state index is 11.2. The average molecular weight is 168 g/mol. The Kier molecular flexibility index (Phi) is 5.11. The van der Waals surface area contributed by atoms with Crippen molar-refractivity contribution in [2.45, 2.75) is 39.7 Å². The minimum Gasteiger partial charge on any atom is -0.352 e. The van der Waals surface area contributed by atoms with Gasteiger partial charge in [-0.25, -0.2) is 0 Å². The monoisotopic (exact) mass is 168 g/mol. The van der Waals surface area contributed by atoms with Gasteiger partial charge in [-0.1, -0.05) is 13.8 Å². The third-order valence-corrected chi connectivity index (χ3v) is 1.92. The van der Waals surface area contributed by atoms with Crippen LogP contribution in [-0.2, 0) is 4.79 Å². The van der Waals surface area contributed by atoms with E-state index in [4.69, 9.17) is 5.26 Å². The minimum atomic E-state index is -0.536. The van der Waals surface area contributed by atoms with Gasteiger partial charge in [0.25, 0.3) is 0 Å². The first-order valence-corrected chi connectivity index (χ1v) is 4.35. The summed E-state index contributed by atoms with van der Waals surface area (Å²) in [5.41, 5.74) is 0. The first kappa shape index (κ1) is 11.0. The van der Waals surface area contributed by atoms with Crippen molar-refractivity contribution < 1.29 is 4.79 Å². The van der Waals surface area contributed by atoms with Crippen LogP contribution in [0.25, 0.3) is 0 Å². The van der Waals surface area contributed by atoms with Gasteiger partial charge < -0.3 is 5.32 Å². The second kappa shape index (κ2) is 5.59. The molecule has 0 spiro atoms. The Morgan fingerprint density at radius 3 is 2.33 bits per heavy atom. The van der Waals surface area contributed by atoms with Crippen molar-refractivity contribution in [3.63, 3.8) is 0 Å². The first-order chi connectivity index (χ1) is 5.65. The zero-order valence-electron chi connectivity index (χ0n) is 7.92. The molecular weight excluding hydrogens is 152 g/mol.